The average Bonchev–Trinajstić information content (AvgIpc) is 3.15. The van der Waals surface area contributed by atoms with Gasteiger partial charge in [-0.05, 0) is 70.6 Å². The predicted molar refractivity (Wildman–Crippen MR) is 219 cm³/mol. The third-order valence-electron chi connectivity index (χ3n) is 9.05. The Morgan fingerprint density at radius 3 is 1.55 bits per heavy atom. The Morgan fingerprint density at radius 2 is 1.02 bits per heavy atom. The molecule has 9 nitrogen and oxygen atoms in total. The largest absolute Gasteiger partial charge is 0.472 e. The Balaban J connectivity index is 4.22. The van der Waals surface area contributed by atoms with Gasteiger partial charge in [-0.2, -0.15) is 0 Å². The summed E-state index contributed by atoms with van der Waals surface area (Å²) < 4.78 is 33.3. The molecule has 0 aliphatic rings. The van der Waals surface area contributed by atoms with Gasteiger partial charge in [0, 0.05) is 13.0 Å². The molecule has 0 aromatic rings. The zero-order valence-corrected chi connectivity index (χ0v) is 34.9. The maximum atomic E-state index is 12.6. The summed E-state index contributed by atoms with van der Waals surface area (Å²) in [7, 11) is -4.52. The van der Waals surface area contributed by atoms with Crippen LogP contribution in [0.2, 0.25) is 0 Å². The fraction of sp³-hybridized carbons (Fsp3) is 0.837. The van der Waals surface area contributed by atoms with Crippen LogP contribution in [0.5, 0.6) is 0 Å². The molecule has 10 heteroatoms. The molecule has 0 aromatic carbocycles. The average molecular weight is 773 g/mol. The van der Waals surface area contributed by atoms with E-state index in [2.05, 4.69) is 50.3 Å². The molecule has 0 amide bonds. The van der Waals surface area contributed by atoms with Crippen molar-refractivity contribution < 1.29 is 43.0 Å². The van der Waals surface area contributed by atoms with Gasteiger partial charge in [-0.15, -0.1) is 0 Å². The van der Waals surface area contributed by atoms with Gasteiger partial charge in [0.25, 0.3) is 0 Å². The van der Waals surface area contributed by atoms with E-state index in [1.165, 1.54) is 96.3 Å². The van der Waals surface area contributed by atoms with Crippen LogP contribution in [0.3, 0.4) is 0 Å². The standard InChI is InChI=1S/C43H81O9P/c1-3-5-7-9-11-13-15-17-19-21-23-25-27-29-31-33-35-43(46)52-42(40-51-53(47,48)50-38-41(45)37-44)39-49-36-34-32-30-28-26-24-22-20-18-16-14-12-10-8-6-4-2/h13,15,18-21,41-42,44-45H,3-12,14,16-17,22-40H2,1-2H3,(H,47,48)/b15-13-,20-18-,21-19-. The number of allylic oxidation sites excluding steroid dienone is 6. The molecule has 0 saturated carbocycles. The first kappa shape index (κ1) is 51.7. The van der Waals surface area contributed by atoms with Gasteiger partial charge >= 0.3 is 13.8 Å². The van der Waals surface area contributed by atoms with Crippen LogP contribution in [0.25, 0.3) is 0 Å². The number of aliphatic hydroxyl groups excluding tert-OH is 2. The summed E-state index contributed by atoms with van der Waals surface area (Å²) in [6, 6.07) is 0. The Hall–Kier alpha value is -1.32. The highest BCUT2D eigenvalue weighted by Crippen LogP contribution is 2.43. The fourth-order valence-corrected chi connectivity index (χ4v) is 6.52. The van der Waals surface area contributed by atoms with Gasteiger partial charge < -0.3 is 24.6 Å². The third kappa shape index (κ3) is 40.2. The molecule has 0 radical (unpaired) electrons. The maximum absolute atomic E-state index is 12.6. The van der Waals surface area contributed by atoms with Crippen LogP contribution < -0.4 is 0 Å². The van der Waals surface area contributed by atoms with Crippen LogP contribution in [-0.4, -0.2) is 66.3 Å². The Bertz CT molecular complexity index is 923. The molecule has 0 aliphatic heterocycles. The van der Waals surface area contributed by atoms with Gasteiger partial charge in [-0.1, -0.05) is 147 Å². The lowest BCUT2D eigenvalue weighted by Gasteiger charge is -2.20. The van der Waals surface area contributed by atoms with Crippen molar-refractivity contribution in [2.24, 2.45) is 0 Å². The number of phosphoric ester groups is 1. The molecule has 0 aliphatic carbocycles. The minimum absolute atomic E-state index is 0.0400. The lowest BCUT2D eigenvalue weighted by atomic mass is 10.1. The number of hydrogen-bond acceptors (Lipinski definition) is 8. The Labute approximate surface area is 325 Å². The molecule has 0 fully saturated rings. The van der Waals surface area contributed by atoms with E-state index in [1.807, 2.05) is 0 Å². The highest BCUT2D eigenvalue weighted by Gasteiger charge is 2.26. The molecule has 3 unspecified atom stereocenters. The number of hydrogen-bond donors (Lipinski definition) is 3. The molecule has 0 spiro atoms. The summed E-state index contributed by atoms with van der Waals surface area (Å²) in [5.74, 6) is -0.398. The molecule has 53 heavy (non-hydrogen) atoms. The van der Waals surface area contributed by atoms with E-state index < -0.39 is 39.2 Å². The summed E-state index contributed by atoms with van der Waals surface area (Å²) in [5, 5.41) is 18.3. The van der Waals surface area contributed by atoms with Crippen molar-refractivity contribution >= 4 is 13.8 Å². The summed E-state index contributed by atoms with van der Waals surface area (Å²) in [6.07, 6.45) is 42.4. The molecule has 3 atom stereocenters. The smallest absolute Gasteiger partial charge is 0.457 e. The SMILES string of the molecule is CCCCCC/C=C\C/C=C\CCCCCCCC(=O)OC(COCCCCCCCC/C=C\CCCCCCCC)COP(=O)(O)OCC(O)CO. The van der Waals surface area contributed by atoms with Crippen LogP contribution in [0.4, 0.5) is 0 Å². The number of aliphatic hydroxyl groups is 2. The number of rotatable bonds is 41. The summed E-state index contributed by atoms with van der Waals surface area (Å²) in [4.78, 5) is 22.6. The summed E-state index contributed by atoms with van der Waals surface area (Å²) in [6.45, 7) is 3.47. The summed E-state index contributed by atoms with van der Waals surface area (Å²) >= 11 is 0. The first-order valence-electron chi connectivity index (χ1n) is 21.5. The van der Waals surface area contributed by atoms with Gasteiger partial charge in [0.1, 0.15) is 12.2 Å². The molecule has 3 N–H and O–H groups in total. The van der Waals surface area contributed by atoms with Crippen LogP contribution in [-0.2, 0) is 27.9 Å². The summed E-state index contributed by atoms with van der Waals surface area (Å²) in [5.41, 5.74) is 0. The highest BCUT2D eigenvalue weighted by atomic mass is 31.2. The van der Waals surface area contributed by atoms with Gasteiger partial charge in [0.2, 0.25) is 0 Å². The van der Waals surface area contributed by atoms with E-state index in [0.717, 1.165) is 64.2 Å². The van der Waals surface area contributed by atoms with E-state index in [0.29, 0.717) is 13.0 Å². The first-order valence-corrected chi connectivity index (χ1v) is 23.0. The van der Waals surface area contributed by atoms with Crippen molar-refractivity contribution in [3.8, 4) is 0 Å². The van der Waals surface area contributed by atoms with Crippen molar-refractivity contribution in [2.45, 2.75) is 199 Å². The Morgan fingerprint density at radius 1 is 0.585 bits per heavy atom. The molecular formula is C43H81O9P. The van der Waals surface area contributed by atoms with Crippen LogP contribution in [0, 0.1) is 0 Å². The van der Waals surface area contributed by atoms with Crippen LogP contribution in [0.15, 0.2) is 36.5 Å². The number of unbranched alkanes of at least 4 members (excludes halogenated alkanes) is 21. The highest BCUT2D eigenvalue weighted by molar-refractivity contribution is 7.47. The van der Waals surface area contributed by atoms with Crippen molar-refractivity contribution in [1.82, 2.24) is 0 Å². The molecule has 0 aromatic heterocycles. The van der Waals surface area contributed by atoms with Crippen molar-refractivity contribution in [2.75, 3.05) is 33.0 Å². The molecule has 0 heterocycles. The number of phosphoric acid groups is 1. The number of carbonyl (C=O) groups excluding carboxylic acids is 1. The number of carbonyl (C=O) groups is 1. The third-order valence-corrected chi connectivity index (χ3v) is 10.00. The second-order valence-electron chi connectivity index (χ2n) is 14.4. The monoisotopic (exact) mass is 773 g/mol. The van der Waals surface area contributed by atoms with Crippen LogP contribution >= 0.6 is 7.82 Å². The maximum Gasteiger partial charge on any atom is 0.472 e. The van der Waals surface area contributed by atoms with E-state index >= 15 is 0 Å². The first-order chi connectivity index (χ1) is 25.8. The fourth-order valence-electron chi connectivity index (χ4n) is 5.73. The minimum Gasteiger partial charge on any atom is -0.457 e. The number of esters is 1. The van der Waals surface area contributed by atoms with Crippen molar-refractivity contribution in [3.63, 3.8) is 0 Å². The molecule has 0 saturated heterocycles. The van der Waals surface area contributed by atoms with Gasteiger partial charge in [0.05, 0.1) is 26.4 Å². The van der Waals surface area contributed by atoms with Gasteiger partial charge in [0.15, 0.2) is 0 Å². The van der Waals surface area contributed by atoms with E-state index in [9.17, 15) is 19.4 Å². The van der Waals surface area contributed by atoms with Crippen LogP contribution in [0.1, 0.15) is 187 Å². The van der Waals surface area contributed by atoms with E-state index in [1.54, 1.807) is 0 Å². The zero-order valence-electron chi connectivity index (χ0n) is 34.0. The molecular weight excluding hydrogens is 691 g/mol. The molecule has 312 valence electrons. The lowest BCUT2D eigenvalue weighted by molar-refractivity contribution is -0.154. The van der Waals surface area contributed by atoms with E-state index in [-0.39, 0.29) is 19.6 Å². The van der Waals surface area contributed by atoms with Crippen molar-refractivity contribution in [1.29, 1.82) is 0 Å². The molecule has 0 rings (SSSR count). The predicted octanol–water partition coefficient (Wildman–Crippen LogP) is 11.6. The van der Waals surface area contributed by atoms with Gasteiger partial charge in [-0.25, -0.2) is 4.57 Å². The Kier molecular flexibility index (Phi) is 39.3. The van der Waals surface area contributed by atoms with Crippen molar-refractivity contribution in [3.05, 3.63) is 36.5 Å². The lowest BCUT2D eigenvalue weighted by Crippen LogP contribution is -2.29. The minimum atomic E-state index is -4.52. The van der Waals surface area contributed by atoms with E-state index in [4.69, 9.17) is 23.6 Å². The second kappa shape index (κ2) is 40.3. The van der Waals surface area contributed by atoms with Gasteiger partial charge in [-0.3, -0.25) is 13.8 Å². The number of ether oxygens (including phenoxy) is 2. The zero-order chi connectivity index (χ0) is 38.9. The quantitative estimate of drug-likeness (QED) is 0.0240. The second-order valence-corrected chi connectivity index (χ2v) is 15.8. The topological polar surface area (TPSA) is 132 Å². The normalized spacial score (nSPS) is 14.4. The molecule has 0 bridgehead atoms.